The topological polar surface area (TPSA) is 25.2 Å². The predicted molar refractivity (Wildman–Crippen MR) is 97.5 cm³/mol. The molecule has 2 aromatic rings. The van der Waals surface area contributed by atoms with Gasteiger partial charge in [-0.3, -0.25) is 9.69 Å². The van der Waals surface area contributed by atoms with E-state index in [1.54, 1.807) is 12.1 Å². The van der Waals surface area contributed by atoms with Crippen LogP contribution < -0.4 is 0 Å². The number of aromatic nitrogens is 1. The van der Waals surface area contributed by atoms with Gasteiger partial charge in [-0.1, -0.05) is 12.1 Å². The maximum Gasteiger partial charge on any atom is 0.178 e. The van der Waals surface area contributed by atoms with Gasteiger partial charge in [0.25, 0.3) is 0 Å². The number of aryl methyl sites for hydroxylation is 1. The highest BCUT2D eigenvalue weighted by molar-refractivity contribution is 7.99. The highest BCUT2D eigenvalue weighted by atomic mass is 32.2. The number of rotatable bonds is 5. The van der Waals surface area contributed by atoms with Crippen molar-refractivity contribution in [2.24, 2.45) is 0 Å². The molecule has 0 aliphatic carbocycles. The fourth-order valence-electron chi connectivity index (χ4n) is 3.15. The van der Waals surface area contributed by atoms with Crippen LogP contribution in [0.5, 0.6) is 0 Å². The summed E-state index contributed by atoms with van der Waals surface area (Å²) in [5, 5.41) is 0. The number of carbonyl (C=O) groups is 1. The summed E-state index contributed by atoms with van der Waals surface area (Å²) < 4.78 is 15.2. The summed E-state index contributed by atoms with van der Waals surface area (Å²) in [6, 6.07) is 8.52. The number of nitrogens with zero attached hydrogens (tertiary/aromatic N) is 2. The van der Waals surface area contributed by atoms with Crippen LogP contribution >= 0.6 is 11.8 Å². The monoisotopic (exact) mass is 346 g/mol. The summed E-state index contributed by atoms with van der Waals surface area (Å²) in [7, 11) is 0. The Balaban J connectivity index is 1.75. The first-order valence-electron chi connectivity index (χ1n) is 8.29. The van der Waals surface area contributed by atoms with E-state index in [-0.39, 0.29) is 11.6 Å². The zero-order valence-electron chi connectivity index (χ0n) is 14.2. The fourth-order valence-corrected chi connectivity index (χ4v) is 4.13. The third-order valence-corrected chi connectivity index (χ3v) is 5.54. The van der Waals surface area contributed by atoms with Gasteiger partial charge in [0.1, 0.15) is 5.82 Å². The van der Waals surface area contributed by atoms with E-state index in [2.05, 4.69) is 9.47 Å². The summed E-state index contributed by atoms with van der Waals surface area (Å²) in [4.78, 5) is 14.9. The Labute approximate surface area is 146 Å². The first-order chi connectivity index (χ1) is 11.5. The van der Waals surface area contributed by atoms with E-state index in [1.165, 1.54) is 12.1 Å². The zero-order chi connectivity index (χ0) is 17.1. The van der Waals surface area contributed by atoms with Crippen molar-refractivity contribution in [3.05, 3.63) is 58.7 Å². The van der Waals surface area contributed by atoms with Crippen LogP contribution in [0.3, 0.4) is 0 Å². The van der Waals surface area contributed by atoms with E-state index in [9.17, 15) is 9.18 Å². The largest absolute Gasteiger partial charge is 0.344 e. The van der Waals surface area contributed by atoms with Gasteiger partial charge in [-0.2, -0.15) is 11.8 Å². The van der Waals surface area contributed by atoms with E-state index in [1.807, 2.05) is 31.7 Å². The first kappa shape index (κ1) is 17.2. The molecule has 1 fully saturated rings. The minimum atomic E-state index is -0.227. The number of hydrogen-bond donors (Lipinski definition) is 0. The van der Waals surface area contributed by atoms with Crippen molar-refractivity contribution >= 4 is 17.5 Å². The molecule has 0 atom stereocenters. The molecule has 1 saturated heterocycles. The molecule has 0 radical (unpaired) electrons. The highest BCUT2D eigenvalue weighted by Crippen LogP contribution is 2.19. The Morgan fingerprint density at radius 2 is 1.83 bits per heavy atom. The van der Waals surface area contributed by atoms with Crippen molar-refractivity contribution in [3.63, 3.8) is 0 Å². The van der Waals surface area contributed by atoms with Gasteiger partial charge in [0.2, 0.25) is 0 Å². The van der Waals surface area contributed by atoms with Gasteiger partial charge < -0.3 is 4.57 Å². The number of thioether (sulfide) groups is 1. The lowest BCUT2D eigenvalue weighted by Gasteiger charge is -2.25. The van der Waals surface area contributed by atoms with Crippen LogP contribution in [0.1, 0.15) is 27.3 Å². The van der Waals surface area contributed by atoms with Gasteiger partial charge in [0, 0.05) is 48.1 Å². The second-order valence-corrected chi connectivity index (χ2v) is 7.53. The summed E-state index contributed by atoms with van der Waals surface area (Å²) in [6.07, 6.45) is 0. The quantitative estimate of drug-likeness (QED) is 0.775. The molecular formula is C19H23FN2OS. The molecular weight excluding hydrogens is 323 g/mol. The molecule has 2 heterocycles. The standard InChI is InChI=1S/C19H23FN2OS/c1-14-11-18(19(23)13-21-7-9-24-10-8-21)15(2)22(14)12-16-3-5-17(20)6-4-16/h3-6,11H,7-10,12-13H2,1-2H3. The fraction of sp³-hybridized carbons (Fsp3) is 0.421. The number of halogens is 1. The van der Waals surface area contributed by atoms with Gasteiger partial charge in [-0.05, 0) is 37.6 Å². The lowest BCUT2D eigenvalue weighted by Crippen LogP contribution is -2.36. The zero-order valence-corrected chi connectivity index (χ0v) is 15.0. The molecule has 24 heavy (non-hydrogen) atoms. The van der Waals surface area contributed by atoms with Crippen LogP contribution in [0.2, 0.25) is 0 Å². The van der Waals surface area contributed by atoms with Gasteiger partial charge in [0.15, 0.2) is 5.78 Å². The van der Waals surface area contributed by atoms with Crippen LogP contribution in [0.15, 0.2) is 30.3 Å². The van der Waals surface area contributed by atoms with Gasteiger partial charge in [-0.25, -0.2) is 4.39 Å². The van der Waals surface area contributed by atoms with Gasteiger partial charge in [-0.15, -0.1) is 0 Å². The molecule has 0 N–H and O–H groups in total. The third kappa shape index (κ3) is 3.90. The Bertz CT molecular complexity index is 718. The summed E-state index contributed by atoms with van der Waals surface area (Å²) in [6.45, 7) is 7.16. The lowest BCUT2D eigenvalue weighted by atomic mass is 10.1. The molecule has 0 unspecified atom stereocenters. The van der Waals surface area contributed by atoms with Gasteiger partial charge in [0.05, 0.1) is 6.54 Å². The van der Waals surface area contributed by atoms with Crippen molar-refractivity contribution < 1.29 is 9.18 Å². The Morgan fingerprint density at radius 1 is 1.17 bits per heavy atom. The normalized spacial score (nSPS) is 15.6. The van der Waals surface area contributed by atoms with Gasteiger partial charge >= 0.3 is 0 Å². The Hall–Kier alpha value is -1.59. The molecule has 1 aliphatic heterocycles. The second-order valence-electron chi connectivity index (χ2n) is 6.31. The smallest absolute Gasteiger partial charge is 0.178 e. The highest BCUT2D eigenvalue weighted by Gasteiger charge is 2.19. The van der Waals surface area contributed by atoms with E-state index >= 15 is 0 Å². The van der Waals surface area contributed by atoms with Crippen molar-refractivity contribution in [2.75, 3.05) is 31.1 Å². The molecule has 3 rings (SSSR count). The molecule has 0 spiro atoms. The van der Waals surface area contributed by atoms with E-state index in [0.717, 1.165) is 47.1 Å². The van der Waals surface area contributed by atoms with Crippen molar-refractivity contribution in [1.82, 2.24) is 9.47 Å². The minimum Gasteiger partial charge on any atom is -0.344 e. The van der Waals surface area contributed by atoms with Crippen LogP contribution in [-0.2, 0) is 6.54 Å². The van der Waals surface area contributed by atoms with E-state index < -0.39 is 0 Å². The molecule has 0 bridgehead atoms. The van der Waals surface area contributed by atoms with Crippen molar-refractivity contribution in [2.45, 2.75) is 20.4 Å². The van der Waals surface area contributed by atoms with E-state index in [4.69, 9.17) is 0 Å². The Morgan fingerprint density at radius 3 is 2.50 bits per heavy atom. The number of benzene rings is 1. The summed E-state index contributed by atoms with van der Waals surface area (Å²) in [5.41, 5.74) is 3.90. The molecule has 3 nitrogen and oxygen atoms in total. The molecule has 0 amide bonds. The summed E-state index contributed by atoms with van der Waals surface area (Å²) >= 11 is 1.95. The van der Waals surface area contributed by atoms with E-state index in [0.29, 0.717) is 13.1 Å². The molecule has 0 saturated carbocycles. The number of Topliss-reactive ketones (excluding diaryl/α,β-unsaturated/α-hetero) is 1. The average Bonchev–Trinajstić information content (AvgIpc) is 2.86. The van der Waals surface area contributed by atoms with Crippen LogP contribution in [0.4, 0.5) is 4.39 Å². The van der Waals surface area contributed by atoms with Crippen LogP contribution in [-0.4, -0.2) is 46.4 Å². The SMILES string of the molecule is Cc1cc(C(=O)CN2CCSCC2)c(C)n1Cc1ccc(F)cc1. The number of hydrogen-bond acceptors (Lipinski definition) is 3. The van der Waals surface area contributed by atoms with Crippen LogP contribution in [0, 0.1) is 19.7 Å². The molecule has 128 valence electrons. The third-order valence-electron chi connectivity index (χ3n) is 4.60. The maximum absolute atomic E-state index is 13.1. The molecule has 1 aromatic heterocycles. The van der Waals surface area contributed by atoms with Crippen molar-refractivity contribution in [3.8, 4) is 0 Å². The lowest BCUT2D eigenvalue weighted by molar-refractivity contribution is 0.0936. The summed E-state index contributed by atoms with van der Waals surface area (Å²) in [5.74, 6) is 2.18. The average molecular weight is 346 g/mol. The molecule has 1 aliphatic rings. The minimum absolute atomic E-state index is 0.195. The molecule has 5 heteroatoms. The predicted octanol–water partition coefficient (Wildman–Crippen LogP) is 3.52. The first-order valence-corrected chi connectivity index (χ1v) is 9.44. The maximum atomic E-state index is 13.1. The van der Waals surface area contributed by atoms with Crippen molar-refractivity contribution in [1.29, 1.82) is 0 Å². The number of carbonyl (C=O) groups excluding carboxylic acids is 1. The Kier molecular flexibility index (Phi) is 5.41. The molecule has 1 aromatic carbocycles. The van der Waals surface area contributed by atoms with Crippen LogP contribution in [0.25, 0.3) is 0 Å². The second kappa shape index (κ2) is 7.53. The number of ketones is 1.